The average molecular weight is 359 g/mol. The fourth-order valence-electron chi connectivity index (χ4n) is 3.17. The number of sulfonamides is 1. The Morgan fingerprint density at radius 2 is 2.00 bits per heavy atom. The van der Waals surface area contributed by atoms with Gasteiger partial charge in [-0.25, -0.2) is 13.2 Å². The molecule has 1 aliphatic heterocycles. The highest BCUT2D eigenvalue weighted by molar-refractivity contribution is 7.92. The molecule has 0 fully saturated rings. The summed E-state index contributed by atoms with van der Waals surface area (Å²) < 4.78 is 32.1. The molecule has 0 saturated heterocycles. The third-order valence-corrected chi connectivity index (χ3v) is 6.09. The van der Waals surface area contributed by atoms with Crippen molar-refractivity contribution >= 4 is 21.7 Å². The van der Waals surface area contributed by atoms with Gasteiger partial charge in [0.05, 0.1) is 24.1 Å². The van der Waals surface area contributed by atoms with Gasteiger partial charge in [-0.15, -0.1) is 0 Å². The second kappa shape index (κ2) is 6.88. The number of benzene rings is 2. The maximum Gasteiger partial charge on any atom is 0.337 e. The summed E-state index contributed by atoms with van der Waals surface area (Å²) in [5.41, 5.74) is 3.88. The van der Waals surface area contributed by atoms with Crippen LogP contribution < -0.4 is 4.31 Å². The Hall–Kier alpha value is -2.34. The van der Waals surface area contributed by atoms with Gasteiger partial charge in [0.2, 0.25) is 10.0 Å². The Balaban J connectivity index is 1.90. The van der Waals surface area contributed by atoms with Crippen LogP contribution in [0.25, 0.3) is 0 Å². The maximum absolute atomic E-state index is 13.0. The molecule has 6 heteroatoms. The van der Waals surface area contributed by atoms with Crippen molar-refractivity contribution in [2.24, 2.45) is 0 Å². The standard InChI is InChI=1S/C19H21NO4S/c1-14-8-9-18-16(11-14)7-4-10-20(18)25(22,23)13-15-5-3-6-17(12-15)19(21)24-2/h3,5-6,8-9,11-12H,4,7,10,13H2,1-2H3. The lowest BCUT2D eigenvalue weighted by Gasteiger charge is -2.30. The number of hydrogen-bond donors (Lipinski definition) is 0. The molecule has 2 aromatic rings. The fraction of sp³-hybridized carbons (Fsp3) is 0.316. The quantitative estimate of drug-likeness (QED) is 0.787. The highest BCUT2D eigenvalue weighted by atomic mass is 32.2. The van der Waals surface area contributed by atoms with Crippen molar-refractivity contribution in [2.45, 2.75) is 25.5 Å². The van der Waals surface area contributed by atoms with Crippen molar-refractivity contribution < 1.29 is 17.9 Å². The Bertz CT molecular complexity index is 905. The second-order valence-electron chi connectivity index (χ2n) is 6.26. The van der Waals surface area contributed by atoms with E-state index in [4.69, 9.17) is 4.74 Å². The summed E-state index contributed by atoms with van der Waals surface area (Å²) in [5, 5.41) is 0. The maximum atomic E-state index is 13.0. The molecule has 25 heavy (non-hydrogen) atoms. The Labute approximate surface area is 148 Å². The largest absolute Gasteiger partial charge is 0.465 e. The van der Waals surface area contributed by atoms with Crippen LogP contribution in [-0.2, 0) is 26.9 Å². The Kier molecular flexibility index (Phi) is 4.81. The van der Waals surface area contributed by atoms with Crippen LogP contribution in [0.15, 0.2) is 42.5 Å². The van der Waals surface area contributed by atoms with Gasteiger partial charge >= 0.3 is 5.97 Å². The summed E-state index contributed by atoms with van der Waals surface area (Å²) >= 11 is 0. The number of carbonyl (C=O) groups excluding carboxylic acids is 1. The zero-order valence-corrected chi connectivity index (χ0v) is 15.2. The molecule has 2 aromatic carbocycles. The van der Waals surface area contributed by atoms with E-state index in [9.17, 15) is 13.2 Å². The molecule has 0 amide bonds. The summed E-state index contributed by atoms with van der Waals surface area (Å²) in [4.78, 5) is 11.6. The fourth-order valence-corrected chi connectivity index (χ4v) is 4.82. The SMILES string of the molecule is COC(=O)c1cccc(CS(=O)(=O)N2CCCc3cc(C)ccc32)c1. The zero-order valence-electron chi connectivity index (χ0n) is 14.4. The molecule has 3 rings (SSSR count). The van der Waals surface area contributed by atoms with Crippen molar-refractivity contribution in [3.05, 3.63) is 64.7 Å². The van der Waals surface area contributed by atoms with Gasteiger partial charge in [-0.3, -0.25) is 4.31 Å². The van der Waals surface area contributed by atoms with E-state index in [1.165, 1.54) is 11.4 Å². The number of hydrogen-bond acceptors (Lipinski definition) is 4. The highest BCUT2D eigenvalue weighted by Crippen LogP contribution is 2.31. The van der Waals surface area contributed by atoms with E-state index in [0.717, 1.165) is 29.7 Å². The van der Waals surface area contributed by atoms with Crippen LogP contribution in [0.2, 0.25) is 0 Å². The van der Waals surface area contributed by atoms with Crippen LogP contribution in [0, 0.1) is 6.92 Å². The lowest BCUT2D eigenvalue weighted by Crippen LogP contribution is -2.36. The van der Waals surface area contributed by atoms with Crippen molar-refractivity contribution in [2.75, 3.05) is 18.0 Å². The summed E-state index contributed by atoms with van der Waals surface area (Å²) in [6.45, 7) is 2.49. The molecule has 0 aliphatic carbocycles. The summed E-state index contributed by atoms with van der Waals surface area (Å²) in [6.07, 6.45) is 1.69. The second-order valence-corrected chi connectivity index (χ2v) is 8.15. The first-order valence-corrected chi connectivity index (χ1v) is 9.79. The number of esters is 1. The van der Waals surface area contributed by atoms with E-state index in [2.05, 4.69) is 6.07 Å². The molecule has 0 atom stereocenters. The summed E-state index contributed by atoms with van der Waals surface area (Å²) in [6, 6.07) is 12.4. The van der Waals surface area contributed by atoms with Gasteiger partial charge in [0.15, 0.2) is 0 Å². The van der Waals surface area contributed by atoms with Crippen LogP contribution in [0.5, 0.6) is 0 Å². The predicted molar refractivity (Wildman–Crippen MR) is 97.3 cm³/mol. The third kappa shape index (κ3) is 3.69. The molecule has 132 valence electrons. The molecule has 0 saturated carbocycles. The average Bonchev–Trinajstić information content (AvgIpc) is 2.60. The van der Waals surface area contributed by atoms with Crippen LogP contribution in [0.3, 0.4) is 0 Å². The van der Waals surface area contributed by atoms with E-state index in [1.807, 2.05) is 19.1 Å². The number of ether oxygens (including phenoxy) is 1. The van der Waals surface area contributed by atoms with Gasteiger partial charge in [-0.2, -0.15) is 0 Å². The number of nitrogens with zero attached hydrogens (tertiary/aromatic N) is 1. The minimum atomic E-state index is -3.53. The Morgan fingerprint density at radius 3 is 2.76 bits per heavy atom. The number of anilines is 1. The monoisotopic (exact) mass is 359 g/mol. The summed E-state index contributed by atoms with van der Waals surface area (Å²) in [7, 11) is -2.23. The third-order valence-electron chi connectivity index (χ3n) is 4.34. The molecular formula is C19H21NO4S. The zero-order chi connectivity index (χ0) is 18.0. The molecule has 1 heterocycles. The molecular weight excluding hydrogens is 338 g/mol. The van der Waals surface area contributed by atoms with E-state index in [1.54, 1.807) is 24.3 Å². The first kappa shape index (κ1) is 17.5. The van der Waals surface area contributed by atoms with Crippen molar-refractivity contribution in [3.8, 4) is 0 Å². The molecule has 0 spiro atoms. The molecule has 0 N–H and O–H groups in total. The van der Waals surface area contributed by atoms with Crippen molar-refractivity contribution in [3.63, 3.8) is 0 Å². The van der Waals surface area contributed by atoms with Gasteiger partial charge < -0.3 is 4.74 Å². The molecule has 0 unspecified atom stereocenters. The van der Waals surface area contributed by atoms with Gasteiger partial charge in [0.1, 0.15) is 0 Å². The lowest BCUT2D eigenvalue weighted by molar-refractivity contribution is 0.0600. The first-order valence-electron chi connectivity index (χ1n) is 8.18. The summed E-state index contributed by atoms with van der Waals surface area (Å²) in [5.74, 6) is -0.622. The van der Waals surface area contributed by atoms with E-state index in [0.29, 0.717) is 17.7 Å². The minimum absolute atomic E-state index is 0.148. The first-order chi connectivity index (χ1) is 11.9. The van der Waals surface area contributed by atoms with Crippen LogP contribution in [0.4, 0.5) is 5.69 Å². The lowest BCUT2D eigenvalue weighted by atomic mass is 10.0. The smallest absolute Gasteiger partial charge is 0.337 e. The minimum Gasteiger partial charge on any atom is -0.465 e. The van der Waals surface area contributed by atoms with Crippen molar-refractivity contribution in [1.29, 1.82) is 0 Å². The topological polar surface area (TPSA) is 63.7 Å². The van der Waals surface area contributed by atoms with Crippen LogP contribution in [0.1, 0.15) is 33.5 Å². The highest BCUT2D eigenvalue weighted by Gasteiger charge is 2.27. The Morgan fingerprint density at radius 1 is 1.20 bits per heavy atom. The number of rotatable bonds is 4. The molecule has 1 aliphatic rings. The van der Waals surface area contributed by atoms with Gasteiger partial charge in [0.25, 0.3) is 0 Å². The number of aryl methyl sites for hydroxylation is 2. The van der Waals surface area contributed by atoms with E-state index >= 15 is 0 Å². The van der Waals surface area contributed by atoms with Crippen molar-refractivity contribution in [1.82, 2.24) is 0 Å². The molecule has 0 radical (unpaired) electrons. The van der Waals surface area contributed by atoms with Gasteiger partial charge in [-0.1, -0.05) is 29.8 Å². The van der Waals surface area contributed by atoms with Gasteiger partial charge in [0, 0.05) is 6.54 Å². The predicted octanol–water partition coefficient (Wildman–Crippen LogP) is 3.06. The normalized spacial score (nSPS) is 14.1. The van der Waals surface area contributed by atoms with Crippen LogP contribution in [-0.4, -0.2) is 28.0 Å². The number of methoxy groups -OCH3 is 1. The molecule has 5 nitrogen and oxygen atoms in total. The molecule has 0 aromatic heterocycles. The molecule has 0 bridgehead atoms. The number of carbonyl (C=O) groups is 1. The van der Waals surface area contributed by atoms with Crippen LogP contribution >= 0.6 is 0 Å². The van der Waals surface area contributed by atoms with Gasteiger partial charge in [-0.05, 0) is 49.1 Å². The van der Waals surface area contributed by atoms with E-state index < -0.39 is 16.0 Å². The number of fused-ring (bicyclic) bond motifs is 1. The van der Waals surface area contributed by atoms with E-state index in [-0.39, 0.29) is 5.75 Å².